The van der Waals surface area contributed by atoms with Crippen LogP contribution in [0.25, 0.3) is 0 Å². The Balaban J connectivity index is 2.34. The minimum atomic E-state index is -0.150. The van der Waals surface area contributed by atoms with Crippen LogP contribution in [0.4, 0.5) is 11.4 Å². The van der Waals surface area contributed by atoms with Gasteiger partial charge in [0.05, 0.1) is 13.0 Å². The first kappa shape index (κ1) is 9.71. The van der Waals surface area contributed by atoms with Crippen molar-refractivity contribution in [3.63, 3.8) is 0 Å². The van der Waals surface area contributed by atoms with E-state index in [1.54, 1.807) is 6.07 Å². The summed E-state index contributed by atoms with van der Waals surface area (Å²) in [5, 5.41) is 0. The lowest BCUT2D eigenvalue weighted by Gasteiger charge is -2.15. The number of hydrogen-bond acceptors (Lipinski definition) is 3. The summed E-state index contributed by atoms with van der Waals surface area (Å²) in [7, 11) is 0. The molecule has 0 atom stereocenters. The molecule has 1 amide bonds. The maximum atomic E-state index is 11.4. The summed E-state index contributed by atoms with van der Waals surface area (Å²) >= 11 is 0. The van der Waals surface area contributed by atoms with Gasteiger partial charge in [-0.05, 0) is 24.6 Å². The molecule has 2 rings (SSSR count). The van der Waals surface area contributed by atoms with E-state index in [-0.39, 0.29) is 24.7 Å². The molecular formula is C11H12N2O2. The van der Waals surface area contributed by atoms with Crippen molar-refractivity contribution in [2.45, 2.75) is 13.3 Å². The second kappa shape index (κ2) is 3.38. The van der Waals surface area contributed by atoms with Crippen LogP contribution < -0.4 is 10.6 Å². The minimum absolute atomic E-state index is 0.00772. The molecule has 1 heterocycles. The molecular weight excluding hydrogens is 192 g/mol. The smallest absolute Gasteiger partial charge is 0.234 e. The summed E-state index contributed by atoms with van der Waals surface area (Å²) in [5.74, 6) is -0.192. The highest BCUT2D eigenvalue weighted by Crippen LogP contribution is 2.23. The zero-order valence-corrected chi connectivity index (χ0v) is 8.49. The first-order chi connectivity index (χ1) is 7.08. The van der Waals surface area contributed by atoms with Crippen molar-refractivity contribution in [3.05, 3.63) is 23.8 Å². The van der Waals surface area contributed by atoms with Crippen LogP contribution >= 0.6 is 0 Å². The Morgan fingerprint density at radius 2 is 2.07 bits per heavy atom. The number of rotatable bonds is 1. The molecule has 0 bridgehead atoms. The molecule has 1 aliphatic rings. The monoisotopic (exact) mass is 204 g/mol. The number of carbonyl (C=O) groups is 2. The topological polar surface area (TPSA) is 63.4 Å². The lowest BCUT2D eigenvalue weighted by Crippen LogP contribution is -2.24. The average Bonchev–Trinajstić information content (AvgIpc) is 2.50. The minimum Gasteiger partial charge on any atom is -0.398 e. The van der Waals surface area contributed by atoms with Crippen molar-refractivity contribution < 1.29 is 9.59 Å². The van der Waals surface area contributed by atoms with Crippen molar-refractivity contribution in [3.8, 4) is 0 Å². The van der Waals surface area contributed by atoms with Crippen molar-refractivity contribution in [1.29, 1.82) is 0 Å². The van der Waals surface area contributed by atoms with Gasteiger partial charge in [-0.2, -0.15) is 0 Å². The number of anilines is 2. The van der Waals surface area contributed by atoms with Crippen LogP contribution in [0.2, 0.25) is 0 Å². The molecule has 1 fully saturated rings. The summed E-state index contributed by atoms with van der Waals surface area (Å²) in [5.41, 5.74) is 8.06. The zero-order chi connectivity index (χ0) is 11.0. The third kappa shape index (κ3) is 1.70. The predicted octanol–water partition coefficient (Wildman–Crippen LogP) is 0.883. The maximum Gasteiger partial charge on any atom is 0.234 e. The van der Waals surface area contributed by atoms with Crippen molar-refractivity contribution in [1.82, 2.24) is 0 Å². The van der Waals surface area contributed by atoms with Gasteiger partial charge in [-0.25, -0.2) is 0 Å². The van der Waals surface area contributed by atoms with E-state index in [0.717, 1.165) is 5.56 Å². The number of nitrogen functional groups attached to an aromatic ring is 1. The first-order valence-electron chi connectivity index (χ1n) is 4.76. The van der Waals surface area contributed by atoms with E-state index in [1.807, 2.05) is 19.1 Å². The molecule has 4 heteroatoms. The van der Waals surface area contributed by atoms with E-state index < -0.39 is 0 Å². The van der Waals surface area contributed by atoms with Crippen molar-refractivity contribution in [2.24, 2.45) is 0 Å². The van der Waals surface area contributed by atoms with Crippen LogP contribution in [-0.4, -0.2) is 18.2 Å². The first-order valence-corrected chi connectivity index (χ1v) is 4.76. The number of hydrogen-bond donors (Lipinski definition) is 1. The summed E-state index contributed by atoms with van der Waals surface area (Å²) in [6, 6.07) is 5.38. The number of benzene rings is 1. The molecule has 1 aromatic rings. The highest BCUT2D eigenvalue weighted by atomic mass is 16.2. The van der Waals surface area contributed by atoms with Gasteiger partial charge in [-0.1, -0.05) is 6.07 Å². The Morgan fingerprint density at radius 3 is 2.60 bits per heavy atom. The molecule has 0 aliphatic carbocycles. The van der Waals surface area contributed by atoms with Crippen LogP contribution in [0.15, 0.2) is 18.2 Å². The molecule has 1 aromatic carbocycles. The van der Waals surface area contributed by atoms with E-state index in [9.17, 15) is 9.59 Å². The molecule has 0 radical (unpaired) electrons. The van der Waals surface area contributed by atoms with Crippen molar-refractivity contribution >= 4 is 23.1 Å². The number of nitrogens with zero attached hydrogens (tertiary/aromatic N) is 1. The molecule has 2 N–H and O–H groups in total. The molecule has 1 saturated heterocycles. The van der Waals surface area contributed by atoms with E-state index in [1.165, 1.54) is 4.90 Å². The van der Waals surface area contributed by atoms with Gasteiger partial charge in [0.15, 0.2) is 5.78 Å². The maximum absolute atomic E-state index is 11.4. The fourth-order valence-corrected chi connectivity index (χ4v) is 1.62. The average molecular weight is 204 g/mol. The molecule has 0 unspecified atom stereocenters. The normalized spacial score (nSPS) is 16.2. The molecule has 4 nitrogen and oxygen atoms in total. The standard InChI is InChI=1S/C11H12N2O2/c1-7-2-3-8(4-10(7)12)13-6-9(14)5-11(13)15/h2-4H,5-6,12H2,1H3. The number of nitrogens with two attached hydrogens (primary N) is 1. The van der Waals surface area contributed by atoms with Gasteiger partial charge in [-0.15, -0.1) is 0 Å². The third-order valence-electron chi connectivity index (χ3n) is 2.56. The summed E-state index contributed by atoms with van der Waals surface area (Å²) < 4.78 is 0. The van der Waals surface area contributed by atoms with E-state index in [0.29, 0.717) is 11.4 Å². The zero-order valence-electron chi connectivity index (χ0n) is 8.49. The lowest BCUT2D eigenvalue weighted by molar-refractivity contribution is -0.121. The Hall–Kier alpha value is -1.84. The Labute approximate surface area is 87.7 Å². The highest BCUT2D eigenvalue weighted by molar-refractivity contribution is 6.15. The van der Waals surface area contributed by atoms with Gasteiger partial charge in [0.25, 0.3) is 0 Å². The second-order valence-electron chi connectivity index (χ2n) is 3.74. The van der Waals surface area contributed by atoms with E-state index in [4.69, 9.17) is 5.73 Å². The SMILES string of the molecule is Cc1ccc(N2CC(=O)CC2=O)cc1N. The Kier molecular flexibility index (Phi) is 2.19. The van der Waals surface area contributed by atoms with E-state index >= 15 is 0 Å². The highest BCUT2D eigenvalue weighted by Gasteiger charge is 2.28. The number of aryl methyl sites for hydroxylation is 1. The quantitative estimate of drug-likeness (QED) is 0.545. The number of amides is 1. The largest absolute Gasteiger partial charge is 0.398 e. The number of Topliss-reactive ketones (excluding diaryl/α,β-unsaturated/α-hetero) is 1. The van der Waals surface area contributed by atoms with Crippen LogP contribution in [0.5, 0.6) is 0 Å². The Morgan fingerprint density at radius 1 is 1.33 bits per heavy atom. The van der Waals surface area contributed by atoms with Crippen LogP contribution in [0, 0.1) is 6.92 Å². The summed E-state index contributed by atoms with van der Waals surface area (Å²) in [4.78, 5) is 24.0. The fraction of sp³-hybridized carbons (Fsp3) is 0.273. The Bertz CT molecular complexity index is 440. The predicted molar refractivity (Wildman–Crippen MR) is 57.6 cm³/mol. The number of ketones is 1. The van der Waals surface area contributed by atoms with Gasteiger partial charge in [0, 0.05) is 11.4 Å². The molecule has 0 saturated carbocycles. The van der Waals surface area contributed by atoms with Gasteiger partial charge in [0.1, 0.15) is 0 Å². The van der Waals surface area contributed by atoms with Gasteiger partial charge in [-0.3, -0.25) is 9.59 Å². The van der Waals surface area contributed by atoms with Gasteiger partial charge in [0.2, 0.25) is 5.91 Å². The summed E-state index contributed by atoms with van der Waals surface area (Å²) in [6.45, 7) is 2.07. The van der Waals surface area contributed by atoms with Gasteiger partial charge < -0.3 is 10.6 Å². The second-order valence-corrected chi connectivity index (χ2v) is 3.74. The third-order valence-corrected chi connectivity index (χ3v) is 2.56. The lowest BCUT2D eigenvalue weighted by atomic mass is 10.2. The van der Waals surface area contributed by atoms with E-state index in [2.05, 4.69) is 0 Å². The van der Waals surface area contributed by atoms with Crippen LogP contribution in [-0.2, 0) is 9.59 Å². The van der Waals surface area contributed by atoms with Gasteiger partial charge >= 0.3 is 0 Å². The van der Waals surface area contributed by atoms with Crippen molar-refractivity contribution in [2.75, 3.05) is 17.2 Å². The van der Waals surface area contributed by atoms with Crippen LogP contribution in [0.3, 0.4) is 0 Å². The molecule has 0 spiro atoms. The molecule has 78 valence electrons. The molecule has 15 heavy (non-hydrogen) atoms. The molecule has 1 aliphatic heterocycles. The summed E-state index contributed by atoms with van der Waals surface area (Å²) in [6.07, 6.45) is 0.00772. The number of carbonyl (C=O) groups excluding carboxylic acids is 2. The molecule has 0 aromatic heterocycles. The fourth-order valence-electron chi connectivity index (χ4n) is 1.62. The van der Waals surface area contributed by atoms with Crippen LogP contribution in [0.1, 0.15) is 12.0 Å².